The van der Waals surface area contributed by atoms with Crippen molar-refractivity contribution in [3.63, 3.8) is 0 Å². The molecule has 1 aromatic carbocycles. The molecule has 9 nitrogen and oxygen atoms in total. The van der Waals surface area contributed by atoms with Gasteiger partial charge in [0.15, 0.2) is 0 Å². The van der Waals surface area contributed by atoms with E-state index in [-0.39, 0.29) is 29.4 Å². The molecular formula is C10H11ClN4O5. The van der Waals surface area contributed by atoms with Crippen molar-refractivity contribution in [3.8, 4) is 0 Å². The van der Waals surface area contributed by atoms with Crippen LogP contribution in [0.2, 0.25) is 5.02 Å². The molecule has 0 heterocycles. The second-order valence-electron chi connectivity index (χ2n) is 3.57. The highest BCUT2D eigenvalue weighted by atomic mass is 35.5. The Labute approximate surface area is 118 Å². The van der Waals surface area contributed by atoms with Gasteiger partial charge in [-0.05, 0) is 6.07 Å². The molecule has 0 aromatic heterocycles. The minimum atomic E-state index is -0.967. The maximum absolute atomic E-state index is 11.7. The van der Waals surface area contributed by atoms with Crippen molar-refractivity contribution < 1.29 is 19.2 Å². The predicted molar refractivity (Wildman–Crippen MR) is 70.4 cm³/mol. The number of nitrogens with one attached hydrogen (secondary N) is 1. The normalized spacial score (nSPS) is 9.85. The molecule has 5 N–H and O–H groups in total. The van der Waals surface area contributed by atoms with Crippen LogP contribution >= 0.6 is 11.6 Å². The fraction of sp³-hybridized carbons (Fsp3) is 0.200. The molecule has 1 aromatic rings. The van der Waals surface area contributed by atoms with E-state index in [1.54, 1.807) is 0 Å². The van der Waals surface area contributed by atoms with Gasteiger partial charge < -0.3 is 21.5 Å². The van der Waals surface area contributed by atoms with Crippen LogP contribution in [0.3, 0.4) is 0 Å². The third-order valence-electron chi connectivity index (χ3n) is 2.20. The zero-order valence-corrected chi connectivity index (χ0v) is 10.8. The lowest BCUT2D eigenvalue weighted by atomic mass is 10.1. The monoisotopic (exact) mass is 302 g/mol. The van der Waals surface area contributed by atoms with Gasteiger partial charge in [-0.2, -0.15) is 0 Å². The summed E-state index contributed by atoms with van der Waals surface area (Å²) in [6, 6.07) is 2.21. The molecule has 0 aliphatic rings. The number of nitrogen functional groups attached to an aromatic ring is 1. The molecule has 0 fully saturated rings. The van der Waals surface area contributed by atoms with Crippen molar-refractivity contribution in [3.05, 3.63) is 32.8 Å². The van der Waals surface area contributed by atoms with Crippen molar-refractivity contribution in [2.75, 3.05) is 18.9 Å². The first kappa shape index (κ1) is 15.5. The summed E-state index contributed by atoms with van der Waals surface area (Å²) in [5, 5.41) is 13.0. The molecule has 0 unspecified atom stereocenters. The van der Waals surface area contributed by atoms with E-state index in [0.29, 0.717) is 0 Å². The van der Waals surface area contributed by atoms with E-state index in [9.17, 15) is 19.7 Å². The number of nitrogens with two attached hydrogens (primary N) is 2. The van der Waals surface area contributed by atoms with Gasteiger partial charge in [0.25, 0.3) is 11.6 Å². The van der Waals surface area contributed by atoms with Crippen molar-refractivity contribution in [2.45, 2.75) is 0 Å². The second kappa shape index (κ2) is 6.57. The van der Waals surface area contributed by atoms with Crippen LogP contribution in [0.5, 0.6) is 0 Å². The first-order valence-electron chi connectivity index (χ1n) is 5.26. The molecule has 20 heavy (non-hydrogen) atoms. The number of nitrogens with zero attached hydrogens (tertiary/aromatic N) is 1. The van der Waals surface area contributed by atoms with Crippen LogP contribution in [0.1, 0.15) is 10.4 Å². The van der Waals surface area contributed by atoms with Crippen LogP contribution < -0.4 is 16.8 Å². The number of rotatable bonds is 5. The van der Waals surface area contributed by atoms with Crippen molar-refractivity contribution in [1.29, 1.82) is 0 Å². The van der Waals surface area contributed by atoms with E-state index >= 15 is 0 Å². The lowest BCUT2D eigenvalue weighted by Gasteiger charge is -2.07. The summed E-state index contributed by atoms with van der Waals surface area (Å²) in [6.45, 7) is -0.122. The number of ether oxygens (including phenoxy) is 1. The fourth-order valence-electron chi connectivity index (χ4n) is 1.30. The van der Waals surface area contributed by atoms with E-state index in [4.69, 9.17) is 23.1 Å². The van der Waals surface area contributed by atoms with Crippen molar-refractivity contribution >= 4 is 35.0 Å². The molecule has 0 saturated heterocycles. The van der Waals surface area contributed by atoms with Gasteiger partial charge in [-0.25, -0.2) is 4.79 Å². The third kappa shape index (κ3) is 3.99. The Balaban J connectivity index is 2.78. The average Bonchev–Trinajstić information content (AvgIpc) is 2.36. The smallest absolute Gasteiger partial charge is 0.404 e. The van der Waals surface area contributed by atoms with Crippen LogP contribution in [0.4, 0.5) is 16.2 Å². The standard InChI is InChI=1S/C10H11ClN4O5/c11-6-3-5(4-7(8(6)12)15(18)19)9(16)14-1-2-20-10(13)17/h3-4H,1-2,12H2,(H2,13,17)(H,14,16). The number of anilines is 1. The molecule has 2 amide bonds. The maximum atomic E-state index is 11.7. The van der Waals surface area contributed by atoms with Crippen LogP contribution in [0, 0.1) is 10.1 Å². The lowest BCUT2D eigenvalue weighted by Crippen LogP contribution is -2.29. The van der Waals surface area contributed by atoms with Gasteiger partial charge >= 0.3 is 6.09 Å². The summed E-state index contributed by atoms with van der Waals surface area (Å²) < 4.78 is 4.40. The van der Waals surface area contributed by atoms with Crippen LogP contribution in [-0.2, 0) is 4.74 Å². The first-order valence-corrected chi connectivity index (χ1v) is 5.64. The predicted octanol–water partition coefficient (Wildman–Crippen LogP) is 0.656. The average molecular weight is 303 g/mol. The zero-order chi connectivity index (χ0) is 15.3. The number of hydrogen-bond donors (Lipinski definition) is 3. The summed E-state index contributed by atoms with van der Waals surface area (Å²) in [5.41, 5.74) is 9.45. The van der Waals surface area contributed by atoms with E-state index in [2.05, 4.69) is 10.1 Å². The number of carbonyl (C=O) groups excluding carboxylic acids is 2. The molecule has 0 bridgehead atoms. The topological polar surface area (TPSA) is 151 Å². The lowest BCUT2D eigenvalue weighted by molar-refractivity contribution is -0.383. The summed E-state index contributed by atoms with van der Waals surface area (Å²) in [5.74, 6) is -0.622. The van der Waals surface area contributed by atoms with Crippen LogP contribution in [0.25, 0.3) is 0 Å². The Hall–Kier alpha value is -2.55. The Bertz CT molecular complexity index is 563. The summed E-state index contributed by atoms with van der Waals surface area (Å²) in [4.78, 5) is 32.0. The molecule has 0 aliphatic heterocycles. The first-order chi connectivity index (χ1) is 9.32. The maximum Gasteiger partial charge on any atom is 0.404 e. The molecule has 108 valence electrons. The number of halogens is 1. The number of carbonyl (C=O) groups is 2. The van der Waals surface area contributed by atoms with Crippen LogP contribution in [-0.4, -0.2) is 30.1 Å². The largest absolute Gasteiger partial charge is 0.448 e. The zero-order valence-electron chi connectivity index (χ0n) is 10.1. The Morgan fingerprint density at radius 1 is 1.45 bits per heavy atom. The SMILES string of the molecule is NC(=O)OCCNC(=O)c1cc(Cl)c(N)c([N+](=O)[O-])c1. The number of primary amides is 1. The molecule has 1 rings (SSSR count). The molecule has 0 atom stereocenters. The number of amides is 2. The van der Waals surface area contributed by atoms with Gasteiger partial charge in [-0.1, -0.05) is 11.6 Å². The summed E-state index contributed by atoms with van der Waals surface area (Å²) >= 11 is 5.71. The number of nitro benzene ring substituents is 1. The Morgan fingerprint density at radius 3 is 2.65 bits per heavy atom. The van der Waals surface area contributed by atoms with Gasteiger partial charge in [-0.15, -0.1) is 0 Å². The van der Waals surface area contributed by atoms with Crippen LogP contribution in [0.15, 0.2) is 12.1 Å². The third-order valence-corrected chi connectivity index (χ3v) is 2.51. The minimum absolute atomic E-state index is 0.00241. The van der Waals surface area contributed by atoms with E-state index in [0.717, 1.165) is 6.07 Å². The highest BCUT2D eigenvalue weighted by Crippen LogP contribution is 2.30. The molecule has 0 radical (unpaired) electrons. The highest BCUT2D eigenvalue weighted by molar-refractivity contribution is 6.34. The Morgan fingerprint density at radius 2 is 2.10 bits per heavy atom. The number of benzene rings is 1. The molecule has 10 heteroatoms. The van der Waals surface area contributed by atoms with Gasteiger partial charge in [0.1, 0.15) is 12.3 Å². The molecule has 0 aliphatic carbocycles. The van der Waals surface area contributed by atoms with Crippen molar-refractivity contribution in [2.24, 2.45) is 5.73 Å². The van der Waals surface area contributed by atoms with Gasteiger partial charge in [0.2, 0.25) is 0 Å². The number of hydrogen-bond acceptors (Lipinski definition) is 6. The summed E-state index contributed by atoms with van der Waals surface area (Å²) in [6.07, 6.45) is -0.967. The van der Waals surface area contributed by atoms with Gasteiger partial charge in [0.05, 0.1) is 16.5 Å². The van der Waals surface area contributed by atoms with E-state index in [1.807, 2.05) is 0 Å². The molecular weight excluding hydrogens is 292 g/mol. The highest BCUT2D eigenvalue weighted by Gasteiger charge is 2.19. The summed E-state index contributed by atoms with van der Waals surface area (Å²) in [7, 11) is 0. The number of nitro groups is 1. The van der Waals surface area contributed by atoms with Gasteiger partial charge in [0, 0.05) is 11.6 Å². The molecule has 0 saturated carbocycles. The van der Waals surface area contributed by atoms with Crippen molar-refractivity contribution in [1.82, 2.24) is 5.32 Å². The Kier molecular flexibility index (Phi) is 5.09. The second-order valence-corrected chi connectivity index (χ2v) is 3.98. The van der Waals surface area contributed by atoms with E-state index in [1.165, 1.54) is 6.07 Å². The molecule has 0 spiro atoms. The quantitative estimate of drug-likeness (QED) is 0.314. The van der Waals surface area contributed by atoms with Gasteiger partial charge in [-0.3, -0.25) is 14.9 Å². The van der Waals surface area contributed by atoms with E-state index < -0.39 is 22.6 Å². The minimum Gasteiger partial charge on any atom is -0.448 e. The fourth-order valence-corrected chi connectivity index (χ4v) is 1.52.